The zero-order valence-corrected chi connectivity index (χ0v) is 15.9. The molecule has 0 spiro atoms. The number of hydrogen-bond donors (Lipinski definition) is 2. The maximum absolute atomic E-state index is 12.4. The van der Waals surface area contributed by atoms with E-state index in [1.165, 1.54) is 0 Å². The molecule has 6 nitrogen and oxygen atoms in total. The number of likely N-dealkylation sites (tertiary alicyclic amines) is 1. The van der Waals surface area contributed by atoms with Crippen molar-refractivity contribution in [2.45, 2.75) is 45.1 Å². The van der Waals surface area contributed by atoms with Crippen LogP contribution in [0.5, 0.6) is 0 Å². The van der Waals surface area contributed by atoms with Gasteiger partial charge in [-0.3, -0.25) is 9.89 Å². The molecule has 2 aliphatic heterocycles. The molecule has 0 aliphatic carbocycles. The lowest BCUT2D eigenvalue weighted by molar-refractivity contribution is 0.0744. The molecule has 2 rings (SSSR count). The Morgan fingerprint density at radius 2 is 2.12 bits per heavy atom. The van der Waals surface area contributed by atoms with Crippen LogP contribution < -0.4 is 10.6 Å². The van der Waals surface area contributed by atoms with Crippen LogP contribution in [-0.2, 0) is 9.47 Å². The molecule has 2 saturated heterocycles. The highest BCUT2D eigenvalue weighted by molar-refractivity contribution is 5.80. The Morgan fingerprint density at radius 1 is 1.31 bits per heavy atom. The predicted octanol–water partition coefficient (Wildman–Crippen LogP) is 1.71. The van der Waals surface area contributed by atoms with Gasteiger partial charge in [0.25, 0.3) is 6.43 Å². The zero-order chi connectivity index (χ0) is 18.6. The summed E-state index contributed by atoms with van der Waals surface area (Å²) in [6.45, 7) is 8.02. The predicted molar refractivity (Wildman–Crippen MR) is 98.9 cm³/mol. The van der Waals surface area contributed by atoms with E-state index >= 15 is 0 Å². The van der Waals surface area contributed by atoms with E-state index < -0.39 is 6.43 Å². The van der Waals surface area contributed by atoms with E-state index in [2.05, 4.69) is 15.6 Å². The maximum Gasteiger partial charge on any atom is 0.251 e. The molecule has 2 fully saturated rings. The van der Waals surface area contributed by atoms with Gasteiger partial charge in [0.05, 0.1) is 19.8 Å². The van der Waals surface area contributed by atoms with Crippen molar-refractivity contribution in [1.82, 2.24) is 15.5 Å². The van der Waals surface area contributed by atoms with E-state index in [0.29, 0.717) is 38.2 Å². The molecule has 2 aliphatic rings. The number of alkyl halides is 2. The van der Waals surface area contributed by atoms with Crippen LogP contribution in [0.3, 0.4) is 0 Å². The summed E-state index contributed by atoms with van der Waals surface area (Å²) in [4.78, 5) is 6.43. The number of nitrogens with zero attached hydrogens (tertiary/aromatic N) is 2. The molecule has 8 heteroatoms. The van der Waals surface area contributed by atoms with Gasteiger partial charge in [0.2, 0.25) is 0 Å². The molecule has 1 atom stereocenters. The van der Waals surface area contributed by atoms with Gasteiger partial charge in [-0.2, -0.15) is 0 Å². The molecule has 2 heterocycles. The second-order valence-electron chi connectivity index (χ2n) is 7.03. The van der Waals surface area contributed by atoms with Crippen LogP contribution in [0.25, 0.3) is 0 Å². The number of nitrogens with one attached hydrogen (secondary N) is 2. The molecule has 0 radical (unpaired) electrons. The lowest BCUT2D eigenvalue weighted by Crippen LogP contribution is -2.49. The summed E-state index contributed by atoms with van der Waals surface area (Å²) in [5.74, 6) is 1.36. The first-order valence-electron chi connectivity index (χ1n) is 9.88. The van der Waals surface area contributed by atoms with Gasteiger partial charge in [-0.15, -0.1) is 0 Å². The second-order valence-corrected chi connectivity index (χ2v) is 7.03. The van der Waals surface area contributed by atoms with Crippen molar-refractivity contribution in [2.75, 3.05) is 59.2 Å². The molecule has 26 heavy (non-hydrogen) atoms. The van der Waals surface area contributed by atoms with Crippen LogP contribution in [0, 0.1) is 5.92 Å². The van der Waals surface area contributed by atoms with Gasteiger partial charge in [-0.1, -0.05) is 0 Å². The Balaban J connectivity index is 1.60. The van der Waals surface area contributed by atoms with Crippen molar-refractivity contribution in [2.24, 2.45) is 10.9 Å². The Labute approximate surface area is 155 Å². The summed E-state index contributed by atoms with van der Waals surface area (Å²) in [5.41, 5.74) is 0. The average molecular weight is 376 g/mol. The number of guanidine groups is 1. The highest BCUT2D eigenvalue weighted by atomic mass is 19.3. The average Bonchev–Trinajstić information content (AvgIpc) is 3.12. The van der Waals surface area contributed by atoms with Gasteiger partial charge >= 0.3 is 0 Å². The summed E-state index contributed by atoms with van der Waals surface area (Å²) in [6, 6.07) is 0.292. The standard InChI is InChI=1S/C18H34F2N4O2/c1-2-21-18(22-7-3-10-25-13-15-6-11-26-14-15)23-16-4-8-24(9-5-16)12-17(19)20/h15-17H,2-14H2,1H3,(H2,21,22,23). The van der Waals surface area contributed by atoms with Crippen molar-refractivity contribution in [3.05, 3.63) is 0 Å². The van der Waals surface area contributed by atoms with E-state index in [-0.39, 0.29) is 6.54 Å². The van der Waals surface area contributed by atoms with Crippen LogP contribution in [0.15, 0.2) is 4.99 Å². The number of aliphatic imine (C=N–C) groups is 1. The van der Waals surface area contributed by atoms with Crippen LogP contribution in [-0.4, -0.2) is 82.5 Å². The first-order valence-corrected chi connectivity index (χ1v) is 9.88. The molecule has 0 bridgehead atoms. The minimum atomic E-state index is -2.25. The van der Waals surface area contributed by atoms with Crippen molar-refractivity contribution in [3.63, 3.8) is 0 Å². The molecular weight excluding hydrogens is 342 g/mol. The maximum atomic E-state index is 12.4. The van der Waals surface area contributed by atoms with Crippen LogP contribution in [0.1, 0.15) is 32.6 Å². The minimum Gasteiger partial charge on any atom is -0.381 e. The lowest BCUT2D eigenvalue weighted by atomic mass is 10.1. The second kappa shape index (κ2) is 12.4. The fraction of sp³-hybridized carbons (Fsp3) is 0.944. The molecule has 1 unspecified atom stereocenters. The first kappa shape index (κ1) is 21.3. The summed E-state index contributed by atoms with van der Waals surface area (Å²) in [5, 5.41) is 6.69. The van der Waals surface area contributed by atoms with Gasteiger partial charge < -0.3 is 20.1 Å². The normalized spacial score (nSPS) is 22.9. The highest BCUT2D eigenvalue weighted by Gasteiger charge is 2.22. The third-order valence-corrected chi connectivity index (χ3v) is 4.76. The first-order chi connectivity index (χ1) is 12.7. The Morgan fingerprint density at radius 3 is 2.77 bits per heavy atom. The van der Waals surface area contributed by atoms with Crippen LogP contribution in [0.2, 0.25) is 0 Å². The quantitative estimate of drug-likeness (QED) is 0.345. The third-order valence-electron chi connectivity index (χ3n) is 4.76. The minimum absolute atomic E-state index is 0.117. The number of halogens is 2. The summed E-state index contributed by atoms with van der Waals surface area (Å²) < 4.78 is 35.9. The third kappa shape index (κ3) is 8.60. The highest BCUT2D eigenvalue weighted by Crippen LogP contribution is 2.13. The van der Waals surface area contributed by atoms with Crippen molar-refractivity contribution >= 4 is 5.96 Å². The van der Waals surface area contributed by atoms with Crippen LogP contribution in [0.4, 0.5) is 8.78 Å². The lowest BCUT2D eigenvalue weighted by Gasteiger charge is -2.32. The van der Waals surface area contributed by atoms with E-state index in [4.69, 9.17) is 9.47 Å². The summed E-state index contributed by atoms with van der Waals surface area (Å²) in [7, 11) is 0. The van der Waals surface area contributed by atoms with E-state index in [1.807, 2.05) is 11.8 Å². The molecule has 0 aromatic carbocycles. The molecular formula is C18H34F2N4O2. The summed E-state index contributed by atoms with van der Waals surface area (Å²) >= 11 is 0. The van der Waals surface area contributed by atoms with Crippen molar-refractivity contribution < 1.29 is 18.3 Å². The molecule has 2 N–H and O–H groups in total. The number of ether oxygens (including phenoxy) is 2. The van der Waals surface area contributed by atoms with Gasteiger partial charge in [-0.05, 0) is 32.6 Å². The SMILES string of the molecule is CCNC(=NCCCOCC1CCOC1)NC1CCN(CC(F)F)CC1. The zero-order valence-electron chi connectivity index (χ0n) is 15.9. The molecule has 0 aromatic rings. The van der Waals surface area contributed by atoms with Gasteiger partial charge in [0.1, 0.15) is 0 Å². The molecule has 152 valence electrons. The van der Waals surface area contributed by atoms with E-state index in [9.17, 15) is 8.78 Å². The number of piperidine rings is 1. The molecule has 0 amide bonds. The van der Waals surface area contributed by atoms with Gasteiger partial charge in [-0.25, -0.2) is 8.78 Å². The van der Waals surface area contributed by atoms with Gasteiger partial charge in [0.15, 0.2) is 5.96 Å². The largest absolute Gasteiger partial charge is 0.381 e. The topological polar surface area (TPSA) is 58.1 Å². The van der Waals surface area contributed by atoms with Crippen molar-refractivity contribution in [3.8, 4) is 0 Å². The fourth-order valence-electron chi connectivity index (χ4n) is 3.29. The van der Waals surface area contributed by atoms with E-state index in [1.54, 1.807) is 0 Å². The smallest absolute Gasteiger partial charge is 0.251 e. The number of hydrogen-bond acceptors (Lipinski definition) is 4. The fourth-order valence-corrected chi connectivity index (χ4v) is 3.29. The Hall–Kier alpha value is -0.990. The molecule has 0 saturated carbocycles. The molecule has 0 aromatic heterocycles. The summed E-state index contributed by atoms with van der Waals surface area (Å²) in [6.07, 6.45) is 1.47. The number of rotatable bonds is 10. The monoisotopic (exact) mass is 376 g/mol. The van der Waals surface area contributed by atoms with E-state index in [0.717, 1.165) is 58.0 Å². The van der Waals surface area contributed by atoms with Crippen LogP contribution >= 0.6 is 0 Å². The Kier molecular flexibility index (Phi) is 10.2. The van der Waals surface area contributed by atoms with Crippen molar-refractivity contribution in [1.29, 1.82) is 0 Å². The Bertz CT molecular complexity index is 399. The van der Waals surface area contributed by atoms with Gasteiger partial charge in [0, 0.05) is 51.4 Å².